The molecule has 0 aromatic heterocycles. The molecule has 1 saturated heterocycles. The molecule has 1 N–H and O–H groups in total. The van der Waals surface area contributed by atoms with Crippen LogP contribution >= 0.6 is 0 Å². The van der Waals surface area contributed by atoms with Crippen molar-refractivity contribution in [3.63, 3.8) is 0 Å². The van der Waals surface area contributed by atoms with E-state index in [4.69, 9.17) is 14.7 Å². The maximum atomic E-state index is 8.88. The van der Waals surface area contributed by atoms with Crippen molar-refractivity contribution in [1.82, 2.24) is 10.2 Å². The van der Waals surface area contributed by atoms with Gasteiger partial charge in [-0.05, 0) is 29.8 Å². The van der Waals surface area contributed by atoms with Crippen molar-refractivity contribution in [3.8, 4) is 11.9 Å². The average Bonchev–Trinajstić information content (AvgIpc) is 2.65. The Morgan fingerprint density at radius 1 is 1.12 bits per heavy atom. The second-order valence-electron chi connectivity index (χ2n) is 5.62. The third-order valence-electron chi connectivity index (χ3n) is 3.80. The van der Waals surface area contributed by atoms with Crippen molar-refractivity contribution in [2.45, 2.75) is 6.54 Å². The zero-order chi connectivity index (χ0) is 17.3. The topological polar surface area (TPSA) is 69.9 Å². The highest BCUT2D eigenvalue weighted by Crippen LogP contribution is 2.16. The number of morpholine rings is 1. The number of nitrogens with zero attached hydrogens (tertiary/aromatic N) is 3. The summed E-state index contributed by atoms with van der Waals surface area (Å²) in [6.07, 6.45) is 1.85. The molecule has 1 aliphatic heterocycles. The number of hydrogen-bond acceptors (Lipinski definition) is 5. The number of hydrogen-bond donors (Lipinski definition) is 1. The standard InChI is InChI=1S/C19H20N4O2/c20-15-21-19(25-18-4-2-1-3-5-18)22-17-8-6-16(7-9-17)14-23-10-12-24-13-11-23/h1-9H,10-14H2,(H,21,22). The van der Waals surface area contributed by atoms with E-state index in [1.807, 2.05) is 48.7 Å². The summed E-state index contributed by atoms with van der Waals surface area (Å²) in [6, 6.07) is 17.3. The number of benzene rings is 2. The molecular weight excluding hydrogens is 316 g/mol. The van der Waals surface area contributed by atoms with Gasteiger partial charge in [0.1, 0.15) is 5.75 Å². The molecule has 0 atom stereocenters. The quantitative estimate of drug-likeness (QED) is 0.402. The second-order valence-corrected chi connectivity index (χ2v) is 5.62. The van der Waals surface area contributed by atoms with E-state index in [0.29, 0.717) is 5.75 Å². The number of aliphatic imine (C=N–C) groups is 1. The van der Waals surface area contributed by atoms with Gasteiger partial charge in [-0.25, -0.2) is 5.32 Å². The van der Waals surface area contributed by atoms with Crippen LogP contribution in [0.5, 0.6) is 5.75 Å². The molecule has 0 spiro atoms. The molecule has 1 fully saturated rings. The Morgan fingerprint density at radius 2 is 1.84 bits per heavy atom. The Labute approximate surface area is 147 Å². The molecule has 0 radical (unpaired) electrons. The van der Waals surface area contributed by atoms with Crippen LogP contribution in [-0.2, 0) is 11.3 Å². The molecule has 2 aromatic carbocycles. The summed E-state index contributed by atoms with van der Waals surface area (Å²) in [5.41, 5.74) is 1.94. The first-order valence-corrected chi connectivity index (χ1v) is 8.19. The summed E-state index contributed by atoms with van der Waals surface area (Å²) in [4.78, 5) is 6.72. The summed E-state index contributed by atoms with van der Waals surface area (Å²) in [7, 11) is 0. The first-order valence-electron chi connectivity index (χ1n) is 8.19. The van der Waals surface area contributed by atoms with Gasteiger partial charge in [0.05, 0.1) is 18.9 Å². The molecule has 6 nitrogen and oxygen atoms in total. The van der Waals surface area contributed by atoms with Crippen LogP contribution in [0.1, 0.15) is 5.56 Å². The predicted octanol–water partition coefficient (Wildman–Crippen LogP) is 2.66. The van der Waals surface area contributed by atoms with Gasteiger partial charge in [0.25, 0.3) is 0 Å². The van der Waals surface area contributed by atoms with Crippen LogP contribution in [0.3, 0.4) is 0 Å². The molecule has 1 aliphatic rings. The highest BCUT2D eigenvalue weighted by molar-refractivity contribution is 5.80. The molecule has 0 saturated carbocycles. The summed E-state index contributed by atoms with van der Waals surface area (Å²) < 4.78 is 11.0. The molecule has 0 bridgehead atoms. The normalized spacial score (nSPS) is 15.4. The Bertz CT molecular complexity index is 732. The Balaban J connectivity index is 1.66. The third kappa shape index (κ3) is 5.31. The van der Waals surface area contributed by atoms with E-state index in [1.54, 1.807) is 12.1 Å². The summed E-state index contributed by atoms with van der Waals surface area (Å²) >= 11 is 0. The van der Waals surface area contributed by atoms with Gasteiger partial charge < -0.3 is 9.47 Å². The maximum Gasteiger partial charge on any atom is 0.309 e. The Morgan fingerprint density at radius 3 is 2.52 bits per heavy atom. The van der Waals surface area contributed by atoms with E-state index in [0.717, 1.165) is 38.5 Å². The van der Waals surface area contributed by atoms with Gasteiger partial charge in [-0.15, -0.1) is 0 Å². The van der Waals surface area contributed by atoms with Crippen molar-refractivity contribution < 1.29 is 9.47 Å². The van der Waals surface area contributed by atoms with Crippen LogP contribution in [0.15, 0.2) is 59.6 Å². The minimum atomic E-state index is 0.148. The van der Waals surface area contributed by atoms with Gasteiger partial charge in [0.2, 0.25) is 0 Å². The van der Waals surface area contributed by atoms with Crippen LogP contribution in [0.25, 0.3) is 0 Å². The van der Waals surface area contributed by atoms with Gasteiger partial charge in [0, 0.05) is 19.6 Å². The lowest BCUT2D eigenvalue weighted by Gasteiger charge is -2.26. The largest absolute Gasteiger partial charge is 0.425 e. The first-order chi connectivity index (χ1) is 12.3. The molecule has 1 heterocycles. The van der Waals surface area contributed by atoms with Gasteiger partial charge in [-0.3, -0.25) is 4.90 Å². The molecule has 0 aliphatic carbocycles. The van der Waals surface area contributed by atoms with E-state index < -0.39 is 0 Å². The number of nitriles is 1. The zero-order valence-electron chi connectivity index (χ0n) is 13.9. The highest BCUT2D eigenvalue weighted by atomic mass is 16.5. The van der Waals surface area contributed by atoms with Crippen LogP contribution in [0.4, 0.5) is 5.69 Å². The molecule has 0 unspecified atom stereocenters. The van der Waals surface area contributed by atoms with Crippen molar-refractivity contribution in [1.29, 1.82) is 5.26 Å². The van der Waals surface area contributed by atoms with Gasteiger partial charge in [0.15, 0.2) is 6.19 Å². The second kappa shape index (κ2) is 8.83. The molecule has 2 aromatic rings. The average molecular weight is 336 g/mol. The molecule has 0 amide bonds. The minimum Gasteiger partial charge on any atom is -0.425 e. The van der Waals surface area contributed by atoms with E-state index in [1.165, 1.54) is 5.56 Å². The van der Waals surface area contributed by atoms with Gasteiger partial charge >= 0.3 is 6.02 Å². The van der Waals surface area contributed by atoms with Crippen LogP contribution < -0.4 is 10.1 Å². The van der Waals surface area contributed by atoms with Gasteiger partial charge in [-0.1, -0.05) is 30.3 Å². The lowest BCUT2D eigenvalue weighted by atomic mass is 10.2. The molecule has 3 rings (SSSR count). The highest BCUT2D eigenvalue weighted by Gasteiger charge is 2.10. The van der Waals surface area contributed by atoms with Crippen LogP contribution in [-0.4, -0.2) is 37.2 Å². The third-order valence-corrected chi connectivity index (χ3v) is 3.80. The lowest BCUT2D eigenvalue weighted by Crippen LogP contribution is -2.35. The van der Waals surface area contributed by atoms with Crippen molar-refractivity contribution in [3.05, 3.63) is 60.2 Å². The number of amidine groups is 1. The minimum absolute atomic E-state index is 0.148. The number of rotatable bonds is 4. The van der Waals surface area contributed by atoms with E-state index in [9.17, 15) is 0 Å². The fourth-order valence-electron chi connectivity index (χ4n) is 2.53. The number of nitrogens with one attached hydrogen (secondary N) is 1. The fraction of sp³-hybridized carbons (Fsp3) is 0.263. The van der Waals surface area contributed by atoms with Gasteiger partial charge in [-0.2, -0.15) is 10.3 Å². The Kier molecular flexibility index (Phi) is 5.99. The lowest BCUT2D eigenvalue weighted by molar-refractivity contribution is 0.0342. The maximum absolute atomic E-state index is 8.88. The summed E-state index contributed by atoms with van der Waals surface area (Å²) in [5, 5.41) is 11.4. The fourth-order valence-corrected chi connectivity index (χ4v) is 2.53. The molecule has 6 heteroatoms. The van der Waals surface area contributed by atoms with Crippen molar-refractivity contribution in [2.75, 3.05) is 26.3 Å². The van der Waals surface area contributed by atoms with E-state index in [-0.39, 0.29) is 6.02 Å². The first kappa shape index (κ1) is 17.0. The molecule has 128 valence electrons. The monoisotopic (exact) mass is 336 g/mol. The number of ether oxygens (including phenoxy) is 2. The van der Waals surface area contributed by atoms with Crippen LogP contribution in [0, 0.1) is 11.5 Å². The Hall–Kier alpha value is -2.88. The van der Waals surface area contributed by atoms with Crippen LogP contribution in [0.2, 0.25) is 0 Å². The van der Waals surface area contributed by atoms with Crippen molar-refractivity contribution >= 4 is 11.7 Å². The summed E-state index contributed by atoms with van der Waals surface area (Å²) in [6.45, 7) is 4.41. The van der Waals surface area contributed by atoms with Crippen molar-refractivity contribution in [2.24, 2.45) is 4.99 Å². The predicted molar refractivity (Wildman–Crippen MR) is 95.5 cm³/mol. The molecular formula is C19H20N4O2. The summed E-state index contributed by atoms with van der Waals surface area (Å²) in [5.74, 6) is 0.618. The van der Waals surface area contributed by atoms with E-state index >= 15 is 0 Å². The van der Waals surface area contributed by atoms with E-state index in [2.05, 4.69) is 15.2 Å². The molecule has 25 heavy (non-hydrogen) atoms. The smallest absolute Gasteiger partial charge is 0.309 e. The zero-order valence-corrected chi connectivity index (χ0v) is 13.9. The SMILES string of the molecule is N#CNC(=Nc1ccc(CN2CCOCC2)cc1)Oc1ccccc1. The number of para-hydroxylation sites is 1.